The molecule has 0 aromatic carbocycles. The van der Waals surface area contributed by atoms with Crippen LogP contribution in [0.25, 0.3) is 10.2 Å². The molecule has 1 aliphatic carbocycles. The maximum atomic E-state index is 13.0. The summed E-state index contributed by atoms with van der Waals surface area (Å²) in [6, 6.07) is 8.62. The maximum Gasteiger partial charge on any atom is 0.263 e. The smallest absolute Gasteiger partial charge is 0.263 e. The van der Waals surface area contributed by atoms with Crippen molar-refractivity contribution < 1.29 is 9.53 Å². The summed E-state index contributed by atoms with van der Waals surface area (Å²) < 4.78 is 5.41. The van der Waals surface area contributed by atoms with E-state index in [4.69, 9.17) is 15.5 Å². The molecule has 9 heteroatoms. The number of nitrogen functional groups attached to an aromatic ring is 1. The van der Waals surface area contributed by atoms with E-state index in [-0.39, 0.29) is 11.9 Å². The molecule has 1 saturated heterocycles. The van der Waals surface area contributed by atoms with E-state index in [2.05, 4.69) is 32.7 Å². The molecule has 1 aliphatic heterocycles. The molecule has 3 atom stereocenters. The largest absolute Gasteiger partial charge is 0.397 e. The van der Waals surface area contributed by atoms with Gasteiger partial charge in [-0.3, -0.25) is 4.79 Å². The summed E-state index contributed by atoms with van der Waals surface area (Å²) in [5, 5.41) is 7.46. The Bertz CT molecular complexity index is 1210. The third-order valence-electron chi connectivity index (χ3n) is 7.04. The summed E-state index contributed by atoms with van der Waals surface area (Å²) in [6.45, 7) is 4.55. The van der Waals surface area contributed by atoms with Crippen LogP contribution in [-0.2, 0) is 17.6 Å². The zero-order valence-corrected chi connectivity index (χ0v) is 20.7. The lowest BCUT2D eigenvalue weighted by Crippen LogP contribution is -2.39. The molecule has 0 unspecified atom stereocenters. The van der Waals surface area contributed by atoms with Gasteiger partial charge in [-0.1, -0.05) is 6.07 Å². The van der Waals surface area contributed by atoms with E-state index in [9.17, 15) is 4.79 Å². The molecule has 0 saturated carbocycles. The van der Waals surface area contributed by atoms with E-state index < -0.39 is 0 Å². The molecule has 3 aromatic rings. The number of nitrogens with one attached hydrogen (secondary N) is 2. The van der Waals surface area contributed by atoms with Gasteiger partial charge in [-0.05, 0) is 57.0 Å². The van der Waals surface area contributed by atoms with Gasteiger partial charge in [-0.15, -0.1) is 11.3 Å². The minimum absolute atomic E-state index is 0.0681. The van der Waals surface area contributed by atoms with Crippen LogP contribution in [0.5, 0.6) is 0 Å². The summed E-state index contributed by atoms with van der Waals surface area (Å²) in [6.07, 6.45) is 2.49. The number of carbonyl (C=O) groups is 1. The first-order valence-electron chi connectivity index (χ1n) is 11.8. The van der Waals surface area contributed by atoms with Gasteiger partial charge in [-0.2, -0.15) is 0 Å². The topological polar surface area (TPSA) is 105 Å². The van der Waals surface area contributed by atoms with E-state index in [0.717, 1.165) is 66.4 Å². The molecule has 4 N–H and O–H groups in total. The Hall–Kier alpha value is -2.75. The summed E-state index contributed by atoms with van der Waals surface area (Å²) in [5.41, 5.74) is 10.1. The summed E-state index contributed by atoms with van der Waals surface area (Å²) in [4.78, 5) is 26.2. The first kappa shape index (κ1) is 23.0. The monoisotopic (exact) mass is 480 g/mol. The van der Waals surface area contributed by atoms with Gasteiger partial charge in [0.05, 0.1) is 12.3 Å². The summed E-state index contributed by atoms with van der Waals surface area (Å²) in [7, 11) is 3.77. The Labute approximate surface area is 203 Å². The third kappa shape index (κ3) is 4.35. The second-order valence-corrected chi connectivity index (χ2v) is 10.4. The number of ether oxygens (including phenoxy) is 1. The molecule has 3 aromatic heterocycles. The third-order valence-corrected chi connectivity index (χ3v) is 8.15. The van der Waals surface area contributed by atoms with Crippen molar-refractivity contribution in [3.8, 4) is 0 Å². The quantitative estimate of drug-likeness (QED) is 0.498. The number of carbonyl (C=O) groups excluding carboxylic acids is 1. The Morgan fingerprint density at radius 3 is 2.91 bits per heavy atom. The number of aromatic nitrogens is 2. The molecule has 34 heavy (non-hydrogen) atoms. The van der Waals surface area contributed by atoms with Crippen LogP contribution < -0.4 is 21.3 Å². The number of likely N-dealkylation sites (N-methyl/N-ethyl adjacent to an activating group) is 1. The molecular weight excluding hydrogens is 448 g/mol. The minimum atomic E-state index is -0.115. The van der Waals surface area contributed by atoms with Crippen LogP contribution in [0.4, 0.5) is 11.5 Å². The molecule has 180 valence electrons. The van der Waals surface area contributed by atoms with Crippen molar-refractivity contribution in [1.82, 2.24) is 20.6 Å². The predicted octanol–water partition coefficient (Wildman–Crippen LogP) is 2.54. The highest BCUT2D eigenvalue weighted by Gasteiger charge is 2.33. The van der Waals surface area contributed by atoms with E-state index in [1.165, 1.54) is 16.9 Å². The molecule has 0 spiro atoms. The zero-order chi connectivity index (χ0) is 23.8. The Balaban J connectivity index is 1.26. The lowest BCUT2D eigenvalue weighted by atomic mass is 9.91. The average Bonchev–Trinajstić information content (AvgIpc) is 3.39. The van der Waals surface area contributed by atoms with Gasteiger partial charge in [0.1, 0.15) is 15.5 Å². The van der Waals surface area contributed by atoms with Crippen molar-refractivity contribution in [1.29, 1.82) is 0 Å². The zero-order valence-electron chi connectivity index (χ0n) is 19.9. The molecular formula is C25H32N6O2S. The number of anilines is 2. The van der Waals surface area contributed by atoms with Crippen LogP contribution in [0.3, 0.4) is 0 Å². The Morgan fingerprint density at radius 1 is 1.26 bits per heavy atom. The molecule has 0 radical (unpaired) electrons. The summed E-state index contributed by atoms with van der Waals surface area (Å²) >= 11 is 1.36. The highest BCUT2D eigenvalue weighted by molar-refractivity contribution is 7.21. The fourth-order valence-electron chi connectivity index (χ4n) is 5.18. The van der Waals surface area contributed by atoms with E-state index in [1.54, 1.807) is 7.11 Å². The number of hydrogen-bond donors (Lipinski definition) is 3. The first-order valence-corrected chi connectivity index (χ1v) is 12.6. The highest BCUT2D eigenvalue weighted by atomic mass is 32.1. The molecule has 8 nitrogen and oxygen atoms in total. The SMILES string of the molecule is CN[C@H]1CN(c2ccc3c(n2)CC[C@H](NC(=O)c2sc4nc(C)ccc4c2N)C3)C[C@@H]1COC. The molecule has 0 bridgehead atoms. The van der Waals surface area contributed by atoms with Crippen LogP contribution in [0.2, 0.25) is 0 Å². The van der Waals surface area contributed by atoms with E-state index in [1.807, 2.05) is 26.1 Å². The molecule has 5 rings (SSSR count). The van der Waals surface area contributed by atoms with Crippen molar-refractivity contribution >= 4 is 39.0 Å². The highest BCUT2D eigenvalue weighted by Crippen LogP contribution is 2.33. The molecule has 2 aliphatic rings. The first-order chi connectivity index (χ1) is 16.5. The number of pyridine rings is 2. The van der Waals surface area contributed by atoms with Gasteiger partial charge >= 0.3 is 0 Å². The number of methoxy groups -OCH3 is 1. The Kier molecular flexibility index (Phi) is 6.42. The van der Waals surface area contributed by atoms with Crippen LogP contribution in [0, 0.1) is 12.8 Å². The lowest BCUT2D eigenvalue weighted by molar-refractivity contribution is 0.0938. The maximum absolute atomic E-state index is 13.0. The number of nitrogens with zero attached hydrogens (tertiary/aromatic N) is 3. The van der Waals surface area contributed by atoms with Gasteiger partial charge in [0, 0.05) is 55.0 Å². The number of fused-ring (bicyclic) bond motifs is 2. The van der Waals surface area contributed by atoms with Crippen molar-refractivity contribution in [2.45, 2.75) is 38.3 Å². The minimum Gasteiger partial charge on any atom is -0.397 e. The van der Waals surface area contributed by atoms with Gasteiger partial charge < -0.3 is 26.0 Å². The van der Waals surface area contributed by atoms with Crippen molar-refractivity contribution in [2.75, 3.05) is 44.5 Å². The van der Waals surface area contributed by atoms with Crippen LogP contribution in [-0.4, -0.2) is 61.8 Å². The fraction of sp³-hybridized carbons (Fsp3) is 0.480. The van der Waals surface area contributed by atoms with E-state index >= 15 is 0 Å². The molecule has 1 fully saturated rings. The number of nitrogens with two attached hydrogens (primary N) is 1. The van der Waals surface area contributed by atoms with Gasteiger partial charge in [0.15, 0.2) is 0 Å². The van der Waals surface area contributed by atoms with Crippen molar-refractivity contribution in [2.24, 2.45) is 5.92 Å². The fourth-order valence-corrected chi connectivity index (χ4v) is 6.22. The number of thiophene rings is 1. The normalized spacial score (nSPS) is 22.2. The van der Waals surface area contributed by atoms with Crippen LogP contribution in [0.15, 0.2) is 24.3 Å². The van der Waals surface area contributed by atoms with Crippen LogP contribution >= 0.6 is 11.3 Å². The van der Waals surface area contributed by atoms with E-state index in [0.29, 0.717) is 22.5 Å². The standard InChI is InChI=1S/C25H32N6O2S/c1-14-4-7-18-22(26)23(34-25(18)28-14)24(32)29-17-6-8-19-15(10-17)5-9-21(30-19)31-11-16(13-33-3)20(12-31)27-2/h4-5,7,9,16-17,20,27H,6,8,10-13,26H2,1-3H3,(H,29,32)/t16-,17+,20+/m1/s1. The number of hydrogen-bond acceptors (Lipinski definition) is 8. The number of amides is 1. The van der Waals surface area contributed by atoms with Gasteiger partial charge in [0.2, 0.25) is 0 Å². The number of aryl methyl sites for hydroxylation is 2. The van der Waals surface area contributed by atoms with Crippen LogP contribution in [0.1, 0.15) is 33.0 Å². The predicted molar refractivity (Wildman–Crippen MR) is 137 cm³/mol. The second-order valence-electron chi connectivity index (χ2n) is 9.35. The molecule has 1 amide bonds. The Morgan fingerprint density at radius 2 is 2.12 bits per heavy atom. The summed E-state index contributed by atoms with van der Waals surface area (Å²) in [5.74, 6) is 1.37. The van der Waals surface area contributed by atoms with Gasteiger partial charge in [0.25, 0.3) is 5.91 Å². The second kappa shape index (κ2) is 9.48. The number of rotatable bonds is 6. The van der Waals surface area contributed by atoms with Crippen molar-refractivity contribution in [3.63, 3.8) is 0 Å². The average molecular weight is 481 g/mol. The molecule has 4 heterocycles. The van der Waals surface area contributed by atoms with Crippen molar-refractivity contribution in [3.05, 3.63) is 46.1 Å². The lowest BCUT2D eigenvalue weighted by Gasteiger charge is -2.26. The van der Waals surface area contributed by atoms with Gasteiger partial charge in [-0.25, -0.2) is 9.97 Å².